The lowest BCUT2D eigenvalue weighted by Crippen LogP contribution is -2.62. The number of nitrogens with one attached hydrogen (secondary N) is 1. The largest absolute Gasteiger partial charge is 0.494 e. The summed E-state index contributed by atoms with van der Waals surface area (Å²) in [6.45, 7) is 18.3. The number of nitrogens with zero attached hydrogens (tertiary/aromatic N) is 4. The van der Waals surface area contributed by atoms with E-state index in [9.17, 15) is 33.9 Å². The molecule has 0 aromatic carbocycles. The number of aryl methyl sites for hydroxylation is 1. The molecule has 294 valence electrons. The van der Waals surface area contributed by atoms with Crippen LogP contribution in [-0.2, 0) is 28.7 Å². The summed E-state index contributed by atoms with van der Waals surface area (Å²) in [6.07, 6.45) is 4.05. The molecule has 1 aliphatic rings. The Bertz CT molecular complexity index is 1390. The average Bonchev–Trinajstić information content (AvgIpc) is 3.69. The highest BCUT2D eigenvalue weighted by molar-refractivity contribution is 5.97. The van der Waals surface area contributed by atoms with Gasteiger partial charge in [0.1, 0.15) is 30.3 Å². The summed E-state index contributed by atoms with van der Waals surface area (Å²) < 4.78 is 6.62. The van der Waals surface area contributed by atoms with E-state index >= 15 is 0 Å². The van der Waals surface area contributed by atoms with Crippen molar-refractivity contribution in [2.45, 2.75) is 144 Å². The van der Waals surface area contributed by atoms with Gasteiger partial charge in [-0.25, -0.2) is 0 Å². The molecule has 13 heteroatoms. The second kappa shape index (κ2) is 19.8. The Balaban J connectivity index is 2.40. The van der Waals surface area contributed by atoms with Gasteiger partial charge in [0.2, 0.25) is 23.6 Å². The molecule has 13 nitrogen and oxygen atoms in total. The maximum absolute atomic E-state index is 14.4. The van der Waals surface area contributed by atoms with Crippen molar-refractivity contribution in [3.05, 3.63) is 17.8 Å². The summed E-state index contributed by atoms with van der Waals surface area (Å²) in [6, 6.07) is -1.12. The Morgan fingerprint density at radius 1 is 0.962 bits per heavy atom. The highest BCUT2D eigenvalue weighted by Gasteiger charge is 2.44. The lowest BCUT2D eigenvalue weighted by atomic mass is 9.91. The molecule has 0 radical (unpaired) electrons. The van der Waals surface area contributed by atoms with Gasteiger partial charge in [-0.2, -0.15) is 0 Å². The molecule has 52 heavy (non-hydrogen) atoms. The third-order valence-electron chi connectivity index (χ3n) is 10.2. The van der Waals surface area contributed by atoms with Gasteiger partial charge in [0.05, 0.1) is 0 Å². The predicted octanol–water partition coefficient (Wildman–Crippen LogP) is 4.78. The number of hydrogen-bond acceptors (Lipinski definition) is 8. The van der Waals surface area contributed by atoms with Crippen molar-refractivity contribution >= 4 is 35.5 Å². The second-order valence-corrected chi connectivity index (χ2v) is 15.6. The van der Waals surface area contributed by atoms with Gasteiger partial charge >= 0.3 is 5.97 Å². The number of ether oxygens (including phenoxy) is 1. The van der Waals surface area contributed by atoms with E-state index < -0.39 is 65.8 Å². The number of likely N-dealkylation sites (tertiary alicyclic amines) is 1. The SMILES string of the molecule is CCCCC(C)CC(C)C(=O)N(C)C(CC(C)C)C(=O)NC(C(=O)N(C)C(C(=O)N1CCCC1C(=O)n1c(C)ccc1O)C(C)C)C(C)OC(C)=O. The minimum atomic E-state index is -1.38. The van der Waals surface area contributed by atoms with Crippen molar-refractivity contribution in [1.29, 1.82) is 0 Å². The Labute approximate surface area is 310 Å². The van der Waals surface area contributed by atoms with Crippen LogP contribution < -0.4 is 5.32 Å². The fraction of sp³-hybridized carbons (Fsp3) is 0.744. The Kier molecular flexibility index (Phi) is 16.9. The number of aromatic nitrogens is 1. The van der Waals surface area contributed by atoms with Crippen molar-refractivity contribution < 1.29 is 38.6 Å². The summed E-state index contributed by atoms with van der Waals surface area (Å²) in [5.74, 6) is -3.48. The molecule has 0 saturated carbocycles. The van der Waals surface area contributed by atoms with Crippen molar-refractivity contribution in [3.63, 3.8) is 0 Å². The number of hydrogen-bond donors (Lipinski definition) is 2. The standard InChI is InChI=1S/C39H65N5O8/c1-13-14-16-25(6)22-26(7)36(48)41(11)31(21-23(2)3)35(47)40-33(28(9)52-29(10)45)38(50)42(12)34(24(4)5)39(51)43-20-15-17-30(43)37(49)44-27(8)18-19-32(44)46/h18-19,23-26,28,30-31,33-34,46H,13-17,20-22H2,1-12H3,(H,40,47). The number of carbonyl (C=O) groups is 6. The summed E-state index contributed by atoms with van der Waals surface area (Å²) >= 11 is 0. The number of amides is 4. The summed E-state index contributed by atoms with van der Waals surface area (Å²) in [5.41, 5.74) is 0.534. The predicted molar refractivity (Wildman–Crippen MR) is 199 cm³/mol. The molecule has 1 aromatic heterocycles. The second-order valence-electron chi connectivity index (χ2n) is 15.6. The third-order valence-corrected chi connectivity index (χ3v) is 10.2. The maximum Gasteiger partial charge on any atom is 0.302 e. The van der Waals surface area contributed by atoms with E-state index in [1.807, 2.05) is 20.8 Å². The minimum absolute atomic E-state index is 0.0313. The first kappa shape index (κ1) is 44.3. The smallest absolute Gasteiger partial charge is 0.302 e. The average molecular weight is 732 g/mol. The monoisotopic (exact) mass is 731 g/mol. The van der Waals surface area contributed by atoms with E-state index in [0.717, 1.165) is 19.3 Å². The first-order valence-corrected chi connectivity index (χ1v) is 19.0. The molecule has 7 unspecified atom stereocenters. The van der Waals surface area contributed by atoms with E-state index in [2.05, 4.69) is 19.2 Å². The highest BCUT2D eigenvalue weighted by Crippen LogP contribution is 2.27. The zero-order valence-electron chi connectivity index (χ0n) is 33.6. The lowest BCUT2D eigenvalue weighted by Gasteiger charge is -2.38. The van der Waals surface area contributed by atoms with Crippen molar-refractivity contribution in [3.8, 4) is 5.88 Å². The molecule has 0 spiro atoms. The molecule has 1 aliphatic heterocycles. The van der Waals surface area contributed by atoms with Crippen molar-refractivity contribution in [1.82, 2.24) is 24.6 Å². The highest BCUT2D eigenvalue weighted by atomic mass is 16.5. The molecule has 0 bridgehead atoms. The van der Waals surface area contributed by atoms with E-state index in [1.54, 1.807) is 33.9 Å². The van der Waals surface area contributed by atoms with Gasteiger partial charge in [-0.15, -0.1) is 0 Å². The Morgan fingerprint density at radius 3 is 2.12 bits per heavy atom. The van der Waals surface area contributed by atoms with E-state index in [-0.39, 0.29) is 23.6 Å². The van der Waals surface area contributed by atoms with Crippen LogP contribution in [0, 0.1) is 30.6 Å². The number of rotatable bonds is 18. The fourth-order valence-electron chi connectivity index (χ4n) is 7.39. The van der Waals surface area contributed by atoms with Crippen molar-refractivity contribution in [2.24, 2.45) is 23.7 Å². The topological polar surface area (TPSA) is 159 Å². The van der Waals surface area contributed by atoms with Crippen LogP contribution in [-0.4, -0.2) is 111 Å². The zero-order valence-corrected chi connectivity index (χ0v) is 33.6. The quantitative estimate of drug-likeness (QED) is 0.204. The van der Waals surface area contributed by atoms with Crippen LogP contribution in [0.5, 0.6) is 5.88 Å². The van der Waals surface area contributed by atoms with E-state index in [1.165, 1.54) is 46.2 Å². The van der Waals surface area contributed by atoms with E-state index in [4.69, 9.17) is 4.74 Å². The molecule has 1 fully saturated rings. The van der Waals surface area contributed by atoms with Gasteiger partial charge in [0.25, 0.3) is 5.91 Å². The first-order chi connectivity index (χ1) is 24.2. The normalized spacial score (nSPS) is 18.0. The number of unbranched alkanes of at least 4 members (excludes halogenated alkanes) is 1. The molecule has 0 aliphatic carbocycles. The third kappa shape index (κ3) is 11.3. The first-order valence-electron chi connectivity index (χ1n) is 19.0. The zero-order chi connectivity index (χ0) is 39.6. The molecule has 7 atom stereocenters. The Morgan fingerprint density at radius 2 is 1.60 bits per heavy atom. The Hall–Kier alpha value is -3.90. The van der Waals surface area contributed by atoms with Gasteiger partial charge in [-0.1, -0.05) is 67.7 Å². The molecular weight excluding hydrogens is 666 g/mol. The molecule has 1 aromatic rings. The van der Waals surface area contributed by atoms with Gasteiger partial charge in [0.15, 0.2) is 5.88 Å². The van der Waals surface area contributed by atoms with Gasteiger partial charge in [0, 0.05) is 45.2 Å². The van der Waals surface area contributed by atoms with Gasteiger partial charge in [-0.05, 0) is 63.4 Å². The van der Waals surface area contributed by atoms with Gasteiger partial charge < -0.3 is 29.9 Å². The molecular formula is C39H65N5O8. The number of likely N-dealkylation sites (N-methyl/N-ethyl adjacent to an activating group) is 2. The minimum Gasteiger partial charge on any atom is -0.494 e. The maximum atomic E-state index is 14.4. The number of carbonyl (C=O) groups excluding carboxylic acids is 6. The van der Waals surface area contributed by atoms with Crippen LogP contribution in [0.3, 0.4) is 0 Å². The molecule has 4 amide bonds. The number of aromatic hydroxyl groups is 1. The lowest BCUT2D eigenvalue weighted by molar-refractivity contribution is -0.156. The summed E-state index contributed by atoms with van der Waals surface area (Å²) in [5, 5.41) is 13.1. The molecule has 1 saturated heterocycles. The van der Waals surface area contributed by atoms with Crippen LogP contribution in [0.15, 0.2) is 12.1 Å². The number of esters is 1. The van der Waals surface area contributed by atoms with Crippen LogP contribution >= 0.6 is 0 Å². The molecule has 2 rings (SSSR count). The summed E-state index contributed by atoms with van der Waals surface area (Å²) in [4.78, 5) is 86.3. The van der Waals surface area contributed by atoms with Crippen molar-refractivity contribution in [2.75, 3.05) is 20.6 Å². The van der Waals surface area contributed by atoms with Gasteiger partial charge in [-0.3, -0.25) is 33.3 Å². The summed E-state index contributed by atoms with van der Waals surface area (Å²) in [7, 11) is 3.07. The van der Waals surface area contributed by atoms with Crippen LogP contribution in [0.25, 0.3) is 0 Å². The van der Waals surface area contributed by atoms with Crippen LogP contribution in [0.1, 0.15) is 118 Å². The molecule has 2 N–H and O–H groups in total. The van der Waals surface area contributed by atoms with E-state index in [0.29, 0.717) is 43.8 Å². The van der Waals surface area contributed by atoms with Crippen LogP contribution in [0.4, 0.5) is 0 Å². The molecule has 2 heterocycles. The fourth-order valence-corrected chi connectivity index (χ4v) is 7.39. The van der Waals surface area contributed by atoms with Crippen LogP contribution in [0.2, 0.25) is 0 Å².